The van der Waals surface area contributed by atoms with Crippen molar-refractivity contribution in [3.05, 3.63) is 29.8 Å². The van der Waals surface area contributed by atoms with Gasteiger partial charge in [-0.25, -0.2) is 0 Å². The lowest BCUT2D eigenvalue weighted by molar-refractivity contribution is -0.185. The van der Waals surface area contributed by atoms with E-state index in [-0.39, 0.29) is 23.6 Å². The van der Waals surface area contributed by atoms with Crippen molar-refractivity contribution in [1.82, 2.24) is 0 Å². The van der Waals surface area contributed by atoms with Gasteiger partial charge in [0.1, 0.15) is 5.75 Å². The molecule has 0 spiro atoms. The fourth-order valence-corrected chi connectivity index (χ4v) is 5.71. The minimum Gasteiger partial charge on any atom is -0.508 e. The van der Waals surface area contributed by atoms with E-state index in [4.69, 9.17) is 15.2 Å². The SMILES string of the molecule is CC1(C)[C@@H]2CC[C@@]1(C)[C@@H]1O[C@@H](O[C@H](CN)c3ccc(O)cc3)C[C@H]21. The van der Waals surface area contributed by atoms with Gasteiger partial charge in [-0.3, -0.25) is 0 Å². The summed E-state index contributed by atoms with van der Waals surface area (Å²) < 4.78 is 12.6. The third-order valence-corrected chi connectivity index (χ3v) is 7.47. The Morgan fingerprint density at radius 1 is 1.29 bits per heavy atom. The lowest BCUT2D eigenvalue weighted by Gasteiger charge is -2.39. The van der Waals surface area contributed by atoms with Crippen LogP contribution in [-0.2, 0) is 9.47 Å². The Balaban J connectivity index is 1.48. The van der Waals surface area contributed by atoms with Gasteiger partial charge in [0.05, 0.1) is 12.2 Å². The first-order valence-corrected chi connectivity index (χ1v) is 9.17. The van der Waals surface area contributed by atoms with Crippen LogP contribution in [-0.4, -0.2) is 24.0 Å². The zero-order valence-electron chi connectivity index (χ0n) is 14.9. The highest BCUT2D eigenvalue weighted by atomic mass is 16.7. The molecule has 2 bridgehead atoms. The predicted octanol–water partition coefficient (Wildman–Crippen LogP) is 3.60. The number of benzene rings is 1. The van der Waals surface area contributed by atoms with E-state index in [0.29, 0.717) is 24.0 Å². The van der Waals surface area contributed by atoms with Crippen LogP contribution in [0, 0.1) is 22.7 Å². The summed E-state index contributed by atoms with van der Waals surface area (Å²) in [4.78, 5) is 0. The molecule has 4 nitrogen and oxygen atoms in total. The van der Waals surface area contributed by atoms with E-state index < -0.39 is 0 Å². The van der Waals surface area contributed by atoms with E-state index in [9.17, 15) is 5.11 Å². The Bertz CT molecular complexity index is 614. The van der Waals surface area contributed by atoms with E-state index >= 15 is 0 Å². The molecule has 24 heavy (non-hydrogen) atoms. The molecular formula is C20H29NO3. The zero-order valence-corrected chi connectivity index (χ0v) is 14.9. The smallest absolute Gasteiger partial charge is 0.159 e. The lowest BCUT2D eigenvalue weighted by atomic mass is 9.70. The van der Waals surface area contributed by atoms with Gasteiger partial charge in [-0.05, 0) is 53.2 Å². The Labute approximate surface area is 144 Å². The molecule has 3 fully saturated rings. The van der Waals surface area contributed by atoms with Crippen LogP contribution < -0.4 is 5.73 Å². The molecule has 4 heteroatoms. The summed E-state index contributed by atoms with van der Waals surface area (Å²) in [5.74, 6) is 1.61. The van der Waals surface area contributed by atoms with Crippen LogP contribution in [0.25, 0.3) is 0 Å². The van der Waals surface area contributed by atoms with Crippen LogP contribution in [0.15, 0.2) is 24.3 Å². The van der Waals surface area contributed by atoms with Gasteiger partial charge in [-0.2, -0.15) is 0 Å². The topological polar surface area (TPSA) is 64.7 Å². The number of hydrogen-bond acceptors (Lipinski definition) is 4. The van der Waals surface area contributed by atoms with Crippen molar-refractivity contribution < 1.29 is 14.6 Å². The van der Waals surface area contributed by atoms with Crippen LogP contribution in [0.5, 0.6) is 5.75 Å². The lowest BCUT2D eigenvalue weighted by Crippen LogP contribution is -2.38. The van der Waals surface area contributed by atoms with Gasteiger partial charge in [-0.15, -0.1) is 0 Å². The molecule has 4 rings (SSSR count). The fourth-order valence-electron chi connectivity index (χ4n) is 5.71. The van der Waals surface area contributed by atoms with Gasteiger partial charge in [0.25, 0.3) is 0 Å². The van der Waals surface area contributed by atoms with Crippen molar-refractivity contribution in [2.45, 2.75) is 58.5 Å². The van der Waals surface area contributed by atoms with Crippen molar-refractivity contribution in [2.75, 3.05) is 6.54 Å². The molecule has 2 aliphatic carbocycles. The molecule has 2 saturated carbocycles. The molecule has 0 amide bonds. The maximum absolute atomic E-state index is 9.45. The standard InChI is InChI=1S/C20H29NO3/c1-19(2)15-8-9-20(19,3)18-14(15)10-17(24-18)23-16(11-21)12-4-6-13(22)7-5-12/h4-7,14-18,22H,8-11,21H2,1-3H3/t14-,15-,16-,17-,18-,20+/m1/s1. The Morgan fingerprint density at radius 3 is 2.62 bits per heavy atom. The molecule has 3 aliphatic rings. The summed E-state index contributed by atoms with van der Waals surface area (Å²) in [7, 11) is 0. The second-order valence-electron chi connectivity index (χ2n) is 8.62. The van der Waals surface area contributed by atoms with E-state index in [0.717, 1.165) is 17.9 Å². The highest BCUT2D eigenvalue weighted by molar-refractivity contribution is 5.27. The average molecular weight is 331 g/mol. The molecule has 132 valence electrons. The largest absolute Gasteiger partial charge is 0.508 e. The predicted molar refractivity (Wildman–Crippen MR) is 92.4 cm³/mol. The summed E-state index contributed by atoms with van der Waals surface area (Å²) in [6.07, 6.45) is 3.51. The highest BCUT2D eigenvalue weighted by Gasteiger charge is 2.69. The molecule has 6 atom stereocenters. The first kappa shape index (κ1) is 16.4. The molecule has 0 aromatic heterocycles. The quantitative estimate of drug-likeness (QED) is 0.885. The van der Waals surface area contributed by atoms with Gasteiger partial charge >= 0.3 is 0 Å². The Hall–Kier alpha value is -1.10. The monoisotopic (exact) mass is 331 g/mol. The van der Waals surface area contributed by atoms with Crippen molar-refractivity contribution in [3.8, 4) is 5.75 Å². The van der Waals surface area contributed by atoms with Crippen molar-refractivity contribution in [3.63, 3.8) is 0 Å². The maximum Gasteiger partial charge on any atom is 0.159 e. The molecular weight excluding hydrogens is 302 g/mol. The number of nitrogens with two attached hydrogens (primary N) is 1. The second kappa shape index (κ2) is 5.45. The number of ether oxygens (including phenoxy) is 2. The number of aromatic hydroxyl groups is 1. The van der Waals surface area contributed by atoms with Gasteiger partial charge in [-0.1, -0.05) is 32.9 Å². The average Bonchev–Trinajstić information content (AvgIpc) is 3.11. The molecule has 1 aromatic rings. The zero-order chi connectivity index (χ0) is 17.1. The third kappa shape index (κ3) is 2.16. The summed E-state index contributed by atoms with van der Waals surface area (Å²) in [5.41, 5.74) is 7.54. The maximum atomic E-state index is 9.45. The first-order valence-electron chi connectivity index (χ1n) is 9.17. The normalized spacial score (nSPS) is 40.7. The molecule has 1 saturated heterocycles. The molecule has 1 heterocycles. The molecule has 0 radical (unpaired) electrons. The fraction of sp³-hybridized carbons (Fsp3) is 0.700. The van der Waals surface area contributed by atoms with Crippen LogP contribution in [0.1, 0.15) is 51.7 Å². The summed E-state index contributed by atoms with van der Waals surface area (Å²) >= 11 is 0. The van der Waals surface area contributed by atoms with Crippen molar-refractivity contribution in [1.29, 1.82) is 0 Å². The number of phenols is 1. The molecule has 0 unspecified atom stereocenters. The number of rotatable bonds is 4. The van der Waals surface area contributed by atoms with E-state index in [1.165, 1.54) is 12.8 Å². The van der Waals surface area contributed by atoms with E-state index in [1.807, 2.05) is 12.1 Å². The molecule has 1 aliphatic heterocycles. The number of phenolic OH excluding ortho intramolecular Hbond substituents is 1. The van der Waals surface area contributed by atoms with Gasteiger partial charge in [0.2, 0.25) is 0 Å². The van der Waals surface area contributed by atoms with Gasteiger partial charge in [0.15, 0.2) is 6.29 Å². The second-order valence-corrected chi connectivity index (χ2v) is 8.62. The van der Waals surface area contributed by atoms with Crippen molar-refractivity contribution >= 4 is 0 Å². The van der Waals surface area contributed by atoms with Crippen LogP contribution in [0.4, 0.5) is 0 Å². The van der Waals surface area contributed by atoms with Crippen LogP contribution in [0.2, 0.25) is 0 Å². The highest BCUT2D eigenvalue weighted by Crippen LogP contribution is 2.71. The van der Waals surface area contributed by atoms with E-state index in [2.05, 4.69) is 20.8 Å². The summed E-state index contributed by atoms with van der Waals surface area (Å²) in [5, 5.41) is 9.45. The number of hydrogen-bond donors (Lipinski definition) is 2. The van der Waals surface area contributed by atoms with Gasteiger partial charge < -0.3 is 20.3 Å². The minimum atomic E-state index is -0.187. The number of fused-ring (bicyclic) bond motifs is 5. The molecule has 3 N–H and O–H groups in total. The summed E-state index contributed by atoms with van der Waals surface area (Å²) in [6.45, 7) is 7.65. The minimum absolute atomic E-state index is 0.168. The van der Waals surface area contributed by atoms with Crippen molar-refractivity contribution in [2.24, 2.45) is 28.4 Å². The van der Waals surface area contributed by atoms with E-state index in [1.54, 1.807) is 12.1 Å². The van der Waals surface area contributed by atoms with Crippen LogP contribution in [0.3, 0.4) is 0 Å². The third-order valence-electron chi connectivity index (χ3n) is 7.47. The Morgan fingerprint density at radius 2 is 2.00 bits per heavy atom. The Kier molecular flexibility index (Phi) is 3.72. The summed E-state index contributed by atoms with van der Waals surface area (Å²) in [6, 6.07) is 7.10. The van der Waals surface area contributed by atoms with Gasteiger partial charge in [0, 0.05) is 13.0 Å². The van der Waals surface area contributed by atoms with Crippen LogP contribution >= 0.6 is 0 Å². The molecule has 1 aromatic carbocycles. The first-order chi connectivity index (χ1) is 11.4.